The summed E-state index contributed by atoms with van der Waals surface area (Å²) in [5.41, 5.74) is 4.57. The third-order valence-corrected chi connectivity index (χ3v) is 1.50. The van der Waals surface area contributed by atoms with Crippen LogP contribution < -0.4 is 22.1 Å². The maximum atomic E-state index is 11.0. The number of guanidine groups is 1. The van der Waals surface area contributed by atoms with Crippen molar-refractivity contribution in [1.29, 1.82) is 0 Å². The van der Waals surface area contributed by atoms with E-state index in [-0.39, 0.29) is 12.5 Å². The second-order valence-corrected chi connectivity index (χ2v) is 2.44. The first-order valence-corrected chi connectivity index (χ1v) is 3.97. The number of hydrazine groups is 1. The van der Waals surface area contributed by atoms with Crippen LogP contribution in [0.3, 0.4) is 0 Å². The molecule has 1 heterocycles. The van der Waals surface area contributed by atoms with Gasteiger partial charge in [-0.25, -0.2) is 11.3 Å². The number of carbonyl (C=O) groups is 1. The van der Waals surface area contributed by atoms with Crippen LogP contribution in [0.4, 0.5) is 0 Å². The summed E-state index contributed by atoms with van der Waals surface area (Å²) in [7, 11) is 0. The van der Waals surface area contributed by atoms with Gasteiger partial charge in [-0.3, -0.25) is 20.1 Å². The van der Waals surface area contributed by atoms with Crippen molar-refractivity contribution in [3.63, 3.8) is 0 Å². The molecule has 0 spiro atoms. The molecule has 0 aromatic carbocycles. The molecule has 1 aliphatic heterocycles. The lowest BCUT2D eigenvalue weighted by molar-refractivity contribution is -0.124. The largest absolute Gasteiger partial charge is 0.341 e. The van der Waals surface area contributed by atoms with Crippen LogP contribution in [0.1, 0.15) is 6.92 Å². The standard InChI is InChI=1S/C6H13N5O2/c1-2-8-6(10-7)9-4-3-13-11-5(4)12/h4H,2-3,7H2,1H3,(H,11,12)(H2,8,9,10). The molecular weight excluding hydrogens is 174 g/mol. The summed E-state index contributed by atoms with van der Waals surface area (Å²) in [5, 5.41) is 2.79. The molecule has 74 valence electrons. The quantitative estimate of drug-likeness (QED) is 0.171. The lowest BCUT2D eigenvalue weighted by atomic mass is 10.3. The molecule has 1 aliphatic rings. The number of hydrogen-bond acceptors (Lipinski definition) is 4. The zero-order valence-electron chi connectivity index (χ0n) is 7.33. The van der Waals surface area contributed by atoms with E-state index in [9.17, 15) is 4.79 Å². The highest BCUT2D eigenvalue weighted by molar-refractivity contribution is 5.89. The number of hydrogen-bond donors (Lipinski definition) is 4. The second kappa shape index (κ2) is 4.63. The number of nitrogens with zero attached hydrogens (tertiary/aromatic N) is 1. The van der Waals surface area contributed by atoms with Crippen LogP contribution in [0.15, 0.2) is 4.99 Å². The van der Waals surface area contributed by atoms with E-state index in [0.29, 0.717) is 12.5 Å². The number of nitrogens with one attached hydrogen (secondary N) is 3. The highest BCUT2D eigenvalue weighted by Crippen LogP contribution is 1.93. The average molecular weight is 187 g/mol. The SMILES string of the molecule is CCN=C(NN)NC1CONC1=O. The van der Waals surface area contributed by atoms with E-state index in [0.717, 1.165) is 0 Å². The predicted molar refractivity (Wildman–Crippen MR) is 46.3 cm³/mol. The van der Waals surface area contributed by atoms with Gasteiger partial charge in [0.2, 0.25) is 5.96 Å². The molecule has 0 aromatic heterocycles. The molecule has 1 atom stereocenters. The first-order valence-electron chi connectivity index (χ1n) is 3.97. The number of amides is 1. The molecule has 5 N–H and O–H groups in total. The molecule has 0 bridgehead atoms. The van der Waals surface area contributed by atoms with Crippen molar-refractivity contribution < 1.29 is 9.63 Å². The third kappa shape index (κ3) is 2.56. The van der Waals surface area contributed by atoms with Gasteiger partial charge in [0, 0.05) is 6.54 Å². The minimum absolute atomic E-state index is 0.223. The molecule has 1 saturated heterocycles. The first-order chi connectivity index (χ1) is 6.27. The Morgan fingerprint density at radius 2 is 2.69 bits per heavy atom. The first kappa shape index (κ1) is 9.75. The molecule has 0 aromatic rings. The smallest absolute Gasteiger partial charge is 0.268 e. The summed E-state index contributed by atoms with van der Waals surface area (Å²) in [6.45, 7) is 2.72. The van der Waals surface area contributed by atoms with Crippen molar-refractivity contribution in [2.45, 2.75) is 13.0 Å². The number of carbonyl (C=O) groups excluding carboxylic acids is 1. The second-order valence-electron chi connectivity index (χ2n) is 2.44. The fraction of sp³-hybridized carbons (Fsp3) is 0.667. The van der Waals surface area contributed by atoms with Crippen molar-refractivity contribution in [3.8, 4) is 0 Å². The number of aliphatic imine (C=N–C) groups is 1. The van der Waals surface area contributed by atoms with E-state index < -0.39 is 6.04 Å². The molecule has 0 radical (unpaired) electrons. The van der Waals surface area contributed by atoms with Gasteiger partial charge < -0.3 is 5.32 Å². The summed E-state index contributed by atoms with van der Waals surface area (Å²) in [5.74, 6) is 5.33. The molecule has 0 aliphatic carbocycles. The van der Waals surface area contributed by atoms with Gasteiger partial charge in [-0.05, 0) is 6.92 Å². The van der Waals surface area contributed by atoms with Crippen LogP contribution >= 0.6 is 0 Å². The summed E-state index contributed by atoms with van der Waals surface area (Å²) in [6, 6.07) is -0.429. The zero-order chi connectivity index (χ0) is 9.68. The molecule has 1 amide bonds. The molecule has 1 unspecified atom stereocenters. The van der Waals surface area contributed by atoms with Crippen LogP contribution in [-0.2, 0) is 9.63 Å². The maximum absolute atomic E-state index is 11.0. The van der Waals surface area contributed by atoms with Crippen LogP contribution in [0, 0.1) is 0 Å². The van der Waals surface area contributed by atoms with Crippen LogP contribution in [0.5, 0.6) is 0 Å². The lowest BCUT2D eigenvalue weighted by Gasteiger charge is -2.11. The van der Waals surface area contributed by atoms with E-state index in [2.05, 4.69) is 21.2 Å². The van der Waals surface area contributed by atoms with Gasteiger partial charge in [-0.1, -0.05) is 0 Å². The molecular formula is C6H13N5O2. The summed E-state index contributed by atoms with van der Waals surface area (Å²) in [4.78, 5) is 19.7. The third-order valence-electron chi connectivity index (χ3n) is 1.50. The molecule has 1 rings (SSSR count). The monoisotopic (exact) mass is 187 g/mol. The fourth-order valence-electron chi connectivity index (χ4n) is 0.906. The van der Waals surface area contributed by atoms with Gasteiger partial charge in [-0.15, -0.1) is 0 Å². The van der Waals surface area contributed by atoms with Crippen molar-refractivity contribution in [3.05, 3.63) is 0 Å². The topological polar surface area (TPSA) is 101 Å². The van der Waals surface area contributed by atoms with E-state index in [4.69, 9.17) is 10.7 Å². The number of nitrogens with two attached hydrogens (primary N) is 1. The Bertz CT molecular complexity index is 217. The van der Waals surface area contributed by atoms with E-state index >= 15 is 0 Å². The van der Waals surface area contributed by atoms with Crippen molar-refractivity contribution in [1.82, 2.24) is 16.2 Å². The Hall–Kier alpha value is -1.34. The van der Waals surface area contributed by atoms with E-state index in [1.54, 1.807) is 0 Å². The normalized spacial score (nSPS) is 22.8. The molecule has 0 saturated carbocycles. The number of rotatable bonds is 2. The van der Waals surface area contributed by atoms with Crippen LogP contribution in [-0.4, -0.2) is 31.1 Å². The lowest BCUT2D eigenvalue weighted by Crippen LogP contribution is -2.49. The Labute approximate surface area is 75.6 Å². The van der Waals surface area contributed by atoms with Crippen molar-refractivity contribution >= 4 is 11.9 Å². The maximum Gasteiger partial charge on any atom is 0.268 e. The highest BCUT2D eigenvalue weighted by Gasteiger charge is 2.25. The van der Waals surface area contributed by atoms with Crippen LogP contribution in [0.25, 0.3) is 0 Å². The Morgan fingerprint density at radius 3 is 3.15 bits per heavy atom. The zero-order valence-corrected chi connectivity index (χ0v) is 7.33. The minimum Gasteiger partial charge on any atom is -0.341 e. The van der Waals surface area contributed by atoms with Crippen LogP contribution in [0.2, 0.25) is 0 Å². The van der Waals surface area contributed by atoms with E-state index in [1.807, 2.05) is 6.92 Å². The van der Waals surface area contributed by atoms with Crippen molar-refractivity contribution in [2.75, 3.05) is 13.2 Å². The van der Waals surface area contributed by atoms with Gasteiger partial charge >= 0.3 is 0 Å². The molecule has 13 heavy (non-hydrogen) atoms. The van der Waals surface area contributed by atoms with Gasteiger partial charge in [-0.2, -0.15) is 0 Å². The number of hydroxylamine groups is 1. The average Bonchev–Trinajstić information content (AvgIpc) is 2.51. The van der Waals surface area contributed by atoms with Gasteiger partial charge in [0.1, 0.15) is 12.6 Å². The Morgan fingerprint density at radius 1 is 1.92 bits per heavy atom. The van der Waals surface area contributed by atoms with E-state index in [1.165, 1.54) is 0 Å². The summed E-state index contributed by atoms with van der Waals surface area (Å²) in [6.07, 6.45) is 0. The minimum atomic E-state index is -0.429. The van der Waals surface area contributed by atoms with Crippen molar-refractivity contribution in [2.24, 2.45) is 10.8 Å². The van der Waals surface area contributed by atoms with Gasteiger partial charge in [0.05, 0.1) is 0 Å². The molecule has 7 nitrogen and oxygen atoms in total. The summed E-state index contributed by atoms with van der Waals surface area (Å²) < 4.78 is 0. The van der Waals surface area contributed by atoms with Gasteiger partial charge in [0.25, 0.3) is 5.91 Å². The molecule has 7 heteroatoms. The fourth-order valence-corrected chi connectivity index (χ4v) is 0.906. The highest BCUT2D eigenvalue weighted by atomic mass is 16.7. The van der Waals surface area contributed by atoms with Gasteiger partial charge in [0.15, 0.2) is 0 Å². The Kier molecular flexibility index (Phi) is 3.47. The predicted octanol–water partition coefficient (Wildman–Crippen LogP) is -2.15. The summed E-state index contributed by atoms with van der Waals surface area (Å²) >= 11 is 0. The Balaban J connectivity index is 2.46. The molecule has 1 fully saturated rings.